The van der Waals surface area contributed by atoms with E-state index in [1.807, 2.05) is 18.3 Å². The van der Waals surface area contributed by atoms with Crippen molar-refractivity contribution in [2.24, 2.45) is 0 Å². The highest BCUT2D eigenvalue weighted by Gasteiger charge is 2.39. The molecule has 0 fully saturated rings. The van der Waals surface area contributed by atoms with E-state index in [1.54, 1.807) is 0 Å². The van der Waals surface area contributed by atoms with Gasteiger partial charge in [0.2, 0.25) is 0 Å². The third-order valence-corrected chi connectivity index (χ3v) is 22.2. The van der Waals surface area contributed by atoms with Crippen LogP contribution in [0.25, 0.3) is 155 Å². The van der Waals surface area contributed by atoms with Crippen LogP contribution in [0.5, 0.6) is 0 Å². The maximum Gasteiger partial charge on any atom is 0.179 e. The Balaban J connectivity index is 0.764. The molecule has 2 aliphatic carbocycles. The summed E-state index contributed by atoms with van der Waals surface area (Å²) in [6.07, 6.45) is 2.01. The van der Waals surface area contributed by atoms with Crippen molar-refractivity contribution < 1.29 is 0 Å². The van der Waals surface area contributed by atoms with E-state index in [1.165, 1.54) is 110 Å². The number of fused-ring (bicyclic) bond motifs is 19. The number of hydrogen-bond acceptors (Lipinski definition) is 4. The molecule has 21 rings (SSSR count). The van der Waals surface area contributed by atoms with Gasteiger partial charge in [-0.1, -0.05) is 250 Å². The summed E-state index contributed by atoms with van der Waals surface area (Å²) in [5.74, 6) is 0.639. The second kappa shape index (κ2) is 22.9. The summed E-state index contributed by atoms with van der Waals surface area (Å²) in [6, 6.07) is 125. The van der Waals surface area contributed by atoms with Crippen molar-refractivity contribution in [1.29, 1.82) is 0 Å². The van der Waals surface area contributed by atoms with E-state index in [9.17, 15) is 0 Å². The molecule has 6 nitrogen and oxygen atoms in total. The minimum absolute atomic E-state index is 0.0723. The second-order valence-electron chi connectivity index (χ2n) is 28.2. The van der Waals surface area contributed by atoms with Gasteiger partial charge in [-0.2, -0.15) is 0 Å². The zero-order chi connectivity index (χ0) is 68.0. The van der Waals surface area contributed by atoms with Crippen LogP contribution in [0, 0.1) is 0 Å². The lowest BCUT2D eigenvalue weighted by molar-refractivity contribution is 0.661. The Hall–Kier alpha value is -13.3. The lowest BCUT2D eigenvalue weighted by Gasteiger charge is -2.28. The molecule has 0 saturated carbocycles. The monoisotopic (exact) mass is 1310 g/mol. The van der Waals surface area contributed by atoms with E-state index < -0.39 is 0 Å². The van der Waals surface area contributed by atoms with Crippen LogP contribution in [0.2, 0.25) is 0 Å². The molecule has 0 aliphatic heterocycles. The number of aromatic nitrogens is 5. The third kappa shape index (κ3) is 9.10. The summed E-state index contributed by atoms with van der Waals surface area (Å²) in [5.41, 5.74) is 27.8. The largest absolute Gasteiger partial charge is 0.310 e. The minimum Gasteiger partial charge on any atom is -0.310 e. The van der Waals surface area contributed by atoms with Crippen LogP contribution in [0.1, 0.15) is 47.6 Å². The van der Waals surface area contributed by atoms with Gasteiger partial charge >= 0.3 is 0 Å². The topological polar surface area (TPSA) is 51.8 Å². The molecule has 0 amide bonds. The fourth-order valence-electron chi connectivity index (χ4n) is 17.5. The molecule has 0 atom stereocenters. The van der Waals surface area contributed by atoms with Gasteiger partial charge in [0, 0.05) is 66.8 Å². The summed E-state index contributed by atoms with van der Waals surface area (Å²) < 4.78 is 4.85. The van der Waals surface area contributed by atoms with Crippen LogP contribution in [0.4, 0.5) is 17.1 Å². The lowest BCUT2D eigenvalue weighted by Crippen LogP contribution is -2.14. The number of benzene rings is 15. The maximum atomic E-state index is 5.29. The Morgan fingerprint density at radius 1 is 0.311 bits per heavy atom. The quantitative estimate of drug-likeness (QED) is 0.128. The SMILES string of the molecule is CC1(C)c2cc3c4ccccc4c4ccccc4c3cc2-c2c1ccc1c2c2cc(-c3cccc(N(c4cccc(C5c6ccccc6-c6ccccc65)c4)c4cccc(-n5c6ccccc6c6ccccc65)c4)c3)ccc2n1-c1ccc(-c2nc(-c3ccccc3)cc(-c3ccccc3)n2)nc1. The summed E-state index contributed by atoms with van der Waals surface area (Å²) in [7, 11) is 0. The predicted molar refractivity (Wildman–Crippen MR) is 428 cm³/mol. The van der Waals surface area contributed by atoms with Crippen molar-refractivity contribution in [1.82, 2.24) is 24.1 Å². The predicted octanol–water partition coefficient (Wildman–Crippen LogP) is 25.1. The first kappa shape index (κ1) is 58.7. The van der Waals surface area contributed by atoms with Crippen molar-refractivity contribution in [3.63, 3.8) is 0 Å². The van der Waals surface area contributed by atoms with Gasteiger partial charge < -0.3 is 14.0 Å². The van der Waals surface area contributed by atoms with Gasteiger partial charge in [-0.25, -0.2) is 9.97 Å². The second-order valence-corrected chi connectivity index (χ2v) is 28.2. The van der Waals surface area contributed by atoms with Crippen molar-refractivity contribution in [3.05, 3.63) is 374 Å². The molecule has 0 unspecified atom stereocenters. The Morgan fingerprint density at radius 2 is 0.816 bits per heavy atom. The van der Waals surface area contributed by atoms with Crippen molar-refractivity contribution in [2.75, 3.05) is 4.90 Å². The third-order valence-electron chi connectivity index (χ3n) is 22.2. The molecule has 103 heavy (non-hydrogen) atoms. The first-order valence-electron chi connectivity index (χ1n) is 35.6. The molecule has 0 bridgehead atoms. The standard InChI is InChI=1S/C97H64N6/c1-97(2)84-48-51-92-95(94(84)82-56-80-74-38-11-9-34-70(74)71-35-10-12-39-75(71)81(80)57-85(82)97)83-54-63(46-50-91(83)103(92)69-47-49-86(98-59-69)96-99-87(60-24-5-3-6-25-60)58-88(100-96)61-26-7-4-8-27-61)62-28-21-30-65(52-62)101(66-31-22-29-64(53-66)93-78-42-15-13-36-72(78)73-37-14-16-43-79(73)93)67-32-23-33-68(55-67)102-89-44-19-17-40-76(89)77-41-18-20-45-90(77)102/h3-59,93H,1-2H3. The van der Waals surface area contributed by atoms with E-state index in [-0.39, 0.29) is 11.3 Å². The Labute approximate surface area is 596 Å². The molecule has 0 saturated heterocycles. The Bertz CT molecular complexity index is 6560. The number of anilines is 3. The zero-order valence-corrected chi connectivity index (χ0v) is 56.7. The molecule has 0 radical (unpaired) electrons. The highest BCUT2D eigenvalue weighted by molar-refractivity contribution is 6.27. The van der Waals surface area contributed by atoms with Gasteiger partial charge in [-0.3, -0.25) is 4.98 Å². The average Bonchev–Trinajstić information content (AvgIpc) is 1.54. The lowest BCUT2D eigenvalue weighted by atomic mass is 9.81. The normalized spacial score (nSPS) is 13.0. The molecule has 4 aromatic heterocycles. The minimum atomic E-state index is -0.319. The number of pyridine rings is 1. The summed E-state index contributed by atoms with van der Waals surface area (Å²) >= 11 is 0. The molecule has 6 heteroatoms. The fraction of sp³-hybridized carbons (Fsp3) is 0.0412. The van der Waals surface area contributed by atoms with Crippen molar-refractivity contribution >= 4 is 93.0 Å². The molecular formula is C97H64N6. The fourth-order valence-corrected chi connectivity index (χ4v) is 17.5. The van der Waals surface area contributed by atoms with Gasteiger partial charge in [0.25, 0.3) is 0 Å². The van der Waals surface area contributed by atoms with Crippen LogP contribution >= 0.6 is 0 Å². The molecule has 4 heterocycles. The Morgan fingerprint density at radius 3 is 1.46 bits per heavy atom. The molecule has 0 spiro atoms. The van der Waals surface area contributed by atoms with Crippen molar-refractivity contribution in [3.8, 4) is 78.8 Å². The smallest absolute Gasteiger partial charge is 0.179 e. The first-order chi connectivity index (χ1) is 50.8. The molecule has 15 aromatic carbocycles. The molecule has 482 valence electrons. The van der Waals surface area contributed by atoms with Gasteiger partial charge in [0.05, 0.1) is 45.3 Å². The van der Waals surface area contributed by atoms with E-state index in [0.29, 0.717) is 11.5 Å². The number of rotatable bonds is 10. The van der Waals surface area contributed by atoms with Gasteiger partial charge in [0.15, 0.2) is 5.82 Å². The van der Waals surface area contributed by atoms with Crippen molar-refractivity contribution in [2.45, 2.75) is 25.2 Å². The first-order valence-corrected chi connectivity index (χ1v) is 35.6. The van der Waals surface area contributed by atoms with Gasteiger partial charge in [-0.05, 0) is 197 Å². The molecule has 2 aliphatic rings. The van der Waals surface area contributed by atoms with Gasteiger partial charge in [-0.15, -0.1) is 0 Å². The van der Waals surface area contributed by atoms with E-state index in [4.69, 9.17) is 15.0 Å². The summed E-state index contributed by atoms with van der Waals surface area (Å²) in [6.45, 7) is 4.84. The van der Waals surface area contributed by atoms with E-state index in [0.717, 1.165) is 78.5 Å². The number of nitrogens with zero attached hydrogens (tertiary/aromatic N) is 6. The van der Waals surface area contributed by atoms with Crippen LogP contribution in [0.3, 0.4) is 0 Å². The highest BCUT2D eigenvalue weighted by atomic mass is 15.1. The molecule has 19 aromatic rings. The number of para-hydroxylation sites is 2. The van der Waals surface area contributed by atoms with Crippen LogP contribution < -0.4 is 4.90 Å². The van der Waals surface area contributed by atoms with Crippen LogP contribution in [-0.4, -0.2) is 24.1 Å². The summed E-state index contributed by atoms with van der Waals surface area (Å²) in [5, 5.41) is 12.5. The molecule has 0 N–H and O–H groups in total. The molecular weight excluding hydrogens is 1250 g/mol. The Kier molecular flexibility index (Phi) is 13.0. The maximum absolute atomic E-state index is 5.29. The van der Waals surface area contributed by atoms with E-state index >= 15 is 0 Å². The number of hydrogen-bond donors (Lipinski definition) is 0. The van der Waals surface area contributed by atoms with Crippen LogP contribution in [-0.2, 0) is 5.41 Å². The average molecular weight is 1310 g/mol. The zero-order valence-electron chi connectivity index (χ0n) is 56.7. The summed E-state index contributed by atoms with van der Waals surface area (Å²) in [4.78, 5) is 18.2. The van der Waals surface area contributed by atoms with Gasteiger partial charge in [0.1, 0.15) is 5.69 Å². The highest BCUT2D eigenvalue weighted by Crippen LogP contribution is 2.56. The van der Waals surface area contributed by atoms with E-state index in [2.05, 4.69) is 355 Å². The van der Waals surface area contributed by atoms with Crippen LogP contribution in [0.15, 0.2) is 346 Å².